The highest BCUT2D eigenvalue weighted by Gasteiger charge is 2.21. The van der Waals surface area contributed by atoms with Gasteiger partial charge in [-0.3, -0.25) is 10.1 Å². The zero-order chi connectivity index (χ0) is 15.0. The number of halogens is 1. The number of nitrogens with one attached hydrogen (secondary N) is 1. The second kappa shape index (κ2) is 5.87. The van der Waals surface area contributed by atoms with E-state index in [2.05, 4.69) is 26.2 Å². The largest absolute Gasteiger partial charge is 0.327 e. The van der Waals surface area contributed by atoms with E-state index < -0.39 is 0 Å². The van der Waals surface area contributed by atoms with Crippen LogP contribution >= 0.6 is 27.3 Å². The first-order valence-corrected chi connectivity index (χ1v) is 8.45. The first-order chi connectivity index (χ1) is 10.0. The summed E-state index contributed by atoms with van der Waals surface area (Å²) in [5.74, 6) is -0.133. The highest BCUT2D eigenvalue weighted by Crippen LogP contribution is 2.29. The number of hydrogen-bond donors (Lipinski definition) is 2. The lowest BCUT2D eigenvalue weighted by Gasteiger charge is -2.15. The quantitative estimate of drug-likeness (QED) is 0.857. The van der Waals surface area contributed by atoms with Gasteiger partial charge in [-0.1, -0.05) is 22.0 Å². The van der Waals surface area contributed by atoms with E-state index in [-0.39, 0.29) is 11.9 Å². The molecular weight excluding hydrogens is 350 g/mol. The van der Waals surface area contributed by atoms with Crippen LogP contribution < -0.4 is 11.1 Å². The molecule has 0 spiro atoms. The highest BCUT2D eigenvalue weighted by atomic mass is 79.9. The summed E-state index contributed by atoms with van der Waals surface area (Å²) in [5, 5.41) is 3.55. The number of thiazole rings is 1. The molecule has 21 heavy (non-hydrogen) atoms. The Labute approximate surface area is 135 Å². The van der Waals surface area contributed by atoms with E-state index in [4.69, 9.17) is 5.73 Å². The molecule has 3 rings (SSSR count). The number of aromatic nitrogens is 1. The number of amides is 1. The Balaban J connectivity index is 1.77. The lowest BCUT2D eigenvalue weighted by atomic mass is 9.99. The highest BCUT2D eigenvalue weighted by molar-refractivity contribution is 9.10. The molecule has 4 nitrogen and oxygen atoms in total. The van der Waals surface area contributed by atoms with Gasteiger partial charge in [0, 0.05) is 21.0 Å². The molecule has 0 saturated carbocycles. The maximum atomic E-state index is 12.3. The number of rotatable bonds is 2. The molecule has 1 aromatic carbocycles. The smallest absolute Gasteiger partial charge is 0.257 e. The standard InChI is InChI=1S/C15H16BrN3OS/c1-8-2-3-9(6-11(8)16)14(20)19-15-18-12-5-4-10(17)7-13(12)21-15/h2-3,6,10H,4-5,7,17H2,1H3,(H,18,19,20)/t10-/m0/s1. The molecule has 0 saturated heterocycles. The van der Waals surface area contributed by atoms with Crippen LogP contribution in [-0.4, -0.2) is 16.9 Å². The summed E-state index contributed by atoms with van der Waals surface area (Å²) >= 11 is 4.98. The summed E-state index contributed by atoms with van der Waals surface area (Å²) in [6, 6.07) is 5.78. The van der Waals surface area contributed by atoms with Gasteiger partial charge in [0.05, 0.1) is 5.69 Å². The average Bonchev–Trinajstić information content (AvgIpc) is 2.83. The number of hydrogen-bond acceptors (Lipinski definition) is 4. The van der Waals surface area contributed by atoms with Crippen molar-refractivity contribution in [2.45, 2.75) is 32.2 Å². The number of aryl methyl sites for hydroxylation is 2. The normalized spacial score (nSPS) is 17.4. The van der Waals surface area contributed by atoms with Crippen LogP contribution in [0.1, 0.15) is 32.9 Å². The first kappa shape index (κ1) is 14.7. The monoisotopic (exact) mass is 365 g/mol. The minimum Gasteiger partial charge on any atom is -0.327 e. The van der Waals surface area contributed by atoms with Crippen molar-refractivity contribution in [2.75, 3.05) is 5.32 Å². The molecule has 2 aromatic rings. The summed E-state index contributed by atoms with van der Waals surface area (Å²) in [6.07, 6.45) is 2.73. The van der Waals surface area contributed by atoms with Crippen LogP contribution in [0.4, 0.5) is 5.13 Å². The van der Waals surface area contributed by atoms with Crippen molar-refractivity contribution in [1.29, 1.82) is 0 Å². The van der Waals surface area contributed by atoms with Gasteiger partial charge in [-0.2, -0.15) is 0 Å². The van der Waals surface area contributed by atoms with Crippen LogP contribution in [0.2, 0.25) is 0 Å². The molecule has 0 unspecified atom stereocenters. The Morgan fingerprint density at radius 2 is 2.33 bits per heavy atom. The van der Waals surface area contributed by atoms with Crippen molar-refractivity contribution in [1.82, 2.24) is 4.98 Å². The molecule has 1 atom stereocenters. The first-order valence-electron chi connectivity index (χ1n) is 6.84. The lowest BCUT2D eigenvalue weighted by Crippen LogP contribution is -2.27. The second-order valence-corrected chi connectivity index (χ2v) is 7.25. The minimum atomic E-state index is -0.133. The molecular formula is C15H16BrN3OS. The average molecular weight is 366 g/mol. The number of fused-ring (bicyclic) bond motifs is 1. The molecule has 3 N–H and O–H groups in total. The number of benzene rings is 1. The summed E-state index contributed by atoms with van der Waals surface area (Å²) in [7, 11) is 0. The Morgan fingerprint density at radius 1 is 1.52 bits per heavy atom. The molecule has 0 bridgehead atoms. The van der Waals surface area contributed by atoms with Gasteiger partial charge in [-0.25, -0.2) is 4.98 Å². The fourth-order valence-electron chi connectivity index (χ4n) is 2.36. The van der Waals surface area contributed by atoms with E-state index in [1.54, 1.807) is 0 Å². The van der Waals surface area contributed by atoms with Gasteiger partial charge < -0.3 is 5.73 Å². The van der Waals surface area contributed by atoms with E-state index >= 15 is 0 Å². The Bertz CT molecular complexity index is 698. The van der Waals surface area contributed by atoms with Gasteiger partial charge in [0.2, 0.25) is 0 Å². The van der Waals surface area contributed by atoms with E-state index in [0.29, 0.717) is 10.7 Å². The fourth-order valence-corrected chi connectivity index (χ4v) is 3.83. The van der Waals surface area contributed by atoms with Gasteiger partial charge in [-0.05, 0) is 43.9 Å². The molecule has 1 aliphatic carbocycles. The predicted molar refractivity (Wildman–Crippen MR) is 88.9 cm³/mol. The van der Waals surface area contributed by atoms with Crippen LogP contribution in [0.5, 0.6) is 0 Å². The van der Waals surface area contributed by atoms with Gasteiger partial charge in [0.25, 0.3) is 5.91 Å². The van der Waals surface area contributed by atoms with Crippen molar-refractivity contribution >= 4 is 38.3 Å². The van der Waals surface area contributed by atoms with Gasteiger partial charge in [0.1, 0.15) is 0 Å². The summed E-state index contributed by atoms with van der Waals surface area (Å²) in [5.41, 5.74) is 8.78. The third-order valence-electron chi connectivity index (χ3n) is 3.63. The lowest BCUT2D eigenvalue weighted by molar-refractivity contribution is 0.102. The van der Waals surface area contributed by atoms with Gasteiger partial charge >= 0.3 is 0 Å². The zero-order valence-electron chi connectivity index (χ0n) is 11.6. The Hall–Kier alpha value is -1.24. The maximum absolute atomic E-state index is 12.3. The molecule has 1 aromatic heterocycles. The minimum absolute atomic E-state index is 0.133. The van der Waals surface area contributed by atoms with Gasteiger partial charge in [0.15, 0.2) is 5.13 Å². The molecule has 0 fully saturated rings. The molecule has 1 heterocycles. The van der Waals surface area contributed by atoms with Crippen LogP contribution in [0.15, 0.2) is 22.7 Å². The Morgan fingerprint density at radius 3 is 3.10 bits per heavy atom. The maximum Gasteiger partial charge on any atom is 0.257 e. The van der Waals surface area contributed by atoms with E-state index in [0.717, 1.165) is 35.0 Å². The second-order valence-electron chi connectivity index (χ2n) is 5.31. The van der Waals surface area contributed by atoms with Crippen LogP contribution in [0.25, 0.3) is 0 Å². The SMILES string of the molecule is Cc1ccc(C(=O)Nc2nc3c(s2)C[C@@H](N)CC3)cc1Br. The van der Waals surface area contributed by atoms with E-state index in [9.17, 15) is 4.79 Å². The van der Waals surface area contributed by atoms with Crippen molar-refractivity contribution in [3.63, 3.8) is 0 Å². The predicted octanol–water partition coefficient (Wildman–Crippen LogP) is 3.28. The molecule has 110 valence electrons. The number of nitrogens with two attached hydrogens (primary N) is 1. The third kappa shape index (κ3) is 3.17. The van der Waals surface area contributed by atoms with Crippen LogP contribution in [-0.2, 0) is 12.8 Å². The number of anilines is 1. The summed E-state index contributed by atoms with van der Waals surface area (Å²) < 4.78 is 0.930. The number of carbonyl (C=O) groups excluding carboxylic acids is 1. The van der Waals surface area contributed by atoms with Crippen LogP contribution in [0, 0.1) is 6.92 Å². The molecule has 1 aliphatic rings. The summed E-state index contributed by atoms with van der Waals surface area (Å²) in [4.78, 5) is 18.0. The molecule has 0 radical (unpaired) electrons. The van der Waals surface area contributed by atoms with E-state index in [1.165, 1.54) is 16.2 Å². The fraction of sp³-hybridized carbons (Fsp3) is 0.333. The Kier molecular flexibility index (Phi) is 4.10. The molecule has 6 heteroatoms. The number of carbonyl (C=O) groups is 1. The topological polar surface area (TPSA) is 68.0 Å². The van der Waals surface area contributed by atoms with Crippen molar-refractivity contribution < 1.29 is 4.79 Å². The zero-order valence-corrected chi connectivity index (χ0v) is 14.1. The van der Waals surface area contributed by atoms with Crippen molar-refractivity contribution in [2.24, 2.45) is 5.73 Å². The molecule has 0 aliphatic heterocycles. The summed E-state index contributed by atoms with van der Waals surface area (Å²) in [6.45, 7) is 1.99. The van der Waals surface area contributed by atoms with E-state index in [1.807, 2.05) is 25.1 Å². The van der Waals surface area contributed by atoms with Crippen LogP contribution in [0.3, 0.4) is 0 Å². The number of nitrogens with zero attached hydrogens (tertiary/aromatic N) is 1. The van der Waals surface area contributed by atoms with Gasteiger partial charge in [-0.15, -0.1) is 11.3 Å². The van der Waals surface area contributed by atoms with Crippen molar-refractivity contribution in [3.8, 4) is 0 Å². The molecule has 1 amide bonds. The third-order valence-corrected chi connectivity index (χ3v) is 5.52. The van der Waals surface area contributed by atoms with Crippen molar-refractivity contribution in [3.05, 3.63) is 44.4 Å².